The number of hydrogen-bond acceptors (Lipinski definition) is 5. The number of pyridine rings is 2. The van der Waals surface area contributed by atoms with Gasteiger partial charge >= 0.3 is 0 Å². The minimum absolute atomic E-state index is 0.233. The third kappa shape index (κ3) is 5.76. The summed E-state index contributed by atoms with van der Waals surface area (Å²) in [6, 6.07) is 15.3. The van der Waals surface area contributed by atoms with E-state index < -0.39 is 0 Å². The van der Waals surface area contributed by atoms with Crippen LogP contribution in [0.1, 0.15) is 42.3 Å². The maximum absolute atomic E-state index is 9.51. The van der Waals surface area contributed by atoms with Crippen LogP contribution in [-0.2, 0) is 20.1 Å². The molecule has 0 saturated carbocycles. The van der Waals surface area contributed by atoms with Crippen molar-refractivity contribution in [1.29, 1.82) is 5.26 Å². The first-order valence-electron chi connectivity index (χ1n) is 11.4. The number of aliphatic imine (C=N–C) groups is 1. The van der Waals surface area contributed by atoms with Crippen LogP contribution in [0.3, 0.4) is 0 Å². The van der Waals surface area contributed by atoms with Gasteiger partial charge in [-0.3, -0.25) is 4.68 Å². The highest BCUT2D eigenvalue weighted by Gasteiger charge is 2.20. The zero-order chi connectivity index (χ0) is 25.8. The fourth-order valence-electron chi connectivity index (χ4n) is 4.16. The summed E-state index contributed by atoms with van der Waals surface area (Å²) in [5.41, 5.74) is 5.42. The molecule has 0 unspecified atom stereocenters. The highest BCUT2D eigenvalue weighted by atomic mass is 35.5. The number of guanidine groups is 1. The first-order valence-corrected chi connectivity index (χ1v) is 12.2. The number of nitrogens with zero attached hydrogens (tertiary/aromatic N) is 7. The highest BCUT2D eigenvalue weighted by Crippen LogP contribution is 2.28. The molecule has 3 aromatic heterocycles. The van der Waals surface area contributed by atoms with Crippen LogP contribution in [0.25, 0.3) is 11.0 Å². The van der Waals surface area contributed by atoms with Gasteiger partial charge in [-0.2, -0.15) is 10.4 Å². The Balaban J connectivity index is 1.77. The number of fused-ring (bicyclic) bond motifs is 1. The molecule has 4 rings (SSSR count). The molecule has 0 aliphatic rings. The molecule has 184 valence electrons. The summed E-state index contributed by atoms with van der Waals surface area (Å²) in [4.78, 5) is 15.0. The Hall–Kier alpha value is -3.67. The second kappa shape index (κ2) is 10.9. The van der Waals surface area contributed by atoms with E-state index in [4.69, 9.17) is 28.2 Å². The lowest BCUT2D eigenvalue weighted by atomic mass is 9.98. The van der Waals surface area contributed by atoms with Crippen molar-refractivity contribution in [2.24, 2.45) is 12.0 Å². The smallest absolute Gasteiger partial charge is 0.215 e. The molecule has 0 spiro atoms. The van der Waals surface area contributed by atoms with Gasteiger partial charge in [-0.15, -0.1) is 4.99 Å². The predicted octanol–water partition coefficient (Wildman–Crippen LogP) is 6.05. The molecular formula is C26H26Cl2N8. The first-order chi connectivity index (χ1) is 17.2. The number of hydrogen-bond donors (Lipinski definition) is 1. The summed E-state index contributed by atoms with van der Waals surface area (Å²) in [7, 11) is 1.90. The van der Waals surface area contributed by atoms with Gasteiger partial charge in [0.1, 0.15) is 10.3 Å². The van der Waals surface area contributed by atoms with Crippen molar-refractivity contribution >= 4 is 45.9 Å². The van der Waals surface area contributed by atoms with E-state index in [1.807, 2.05) is 60.1 Å². The summed E-state index contributed by atoms with van der Waals surface area (Å²) in [6.07, 6.45) is 1.91. The molecule has 0 fully saturated rings. The van der Waals surface area contributed by atoms with Crippen LogP contribution in [0, 0.1) is 18.4 Å². The van der Waals surface area contributed by atoms with Gasteiger partial charge in [0.15, 0.2) is 5.65 Å². The SMILES string of the molecule is Cc1nn(C)c2nc(CN(Cc3ccccc3)/C(=N/C#N)Nc3cc(Cl)nc(Cl)c3)cc(C(C)C)c12. The van der Waals surface area contributed by atoms with Crippen molar-refractivity contribution in [3.63, 3.8) is 0 Å². The third-order valence-corrected chi connectivity index (χ3v) is 6.11. The van der Waals surface area contributed by atoms with Gasteiger partial charge in [0.25, 0.3) is 0 Å². The van der Waals surface area contributed by atoms with E-state index in [1.165, 1.54) is 5.56 Å². The van der Waals surface area contributed by atoms with Crippen LogP contribution >= 0.6 is 23.2 Å². The summed E-state index contributed by atoms with van der Waals surface area (Å²) in [6.45, 7) is 7.21. The first kappa shape index (κ1) is 25.4. The largest absolute Gasteiger partial charge is 0.332 e. The quantitative estimate of drug-likeness (QED) is 0.144. The summed E-state index contributed by atoms with van der Waals surface area (Å²) >= 11 is 12.2. The highest BCUT2D eigenvalue weighted by molar-refractivity contribution is 6.33. The van der Waals surface area contributed by atoms with E-state index in [1.54, 1.807) is 12.1 Å². The van der Waals surface area contributed by atoms with E-state index in [-0.39, 0.29) is 16.2 Å². The molecule has 0 aliphatic heterocycles. The Labute approximate surface area is 220 Å². The van der Waals surface area contributed by atoms with Crippen LogP contribution in [0.15, 0.2) is 53.5 Å². The molecule has 0 amide bonds. The lowest BCUT2D eigenvalue weighted by Gasteiger charge is -2.26. The number of aromatic nitrogens is 4. The van der Waals surface area contributed by atoms with Crippen LogP contribution in [0.2, 0.25) is 10.3 Å². The topological polar surface area (TPSA) is 95.0 Å². The summed E-state index contributed by atoms with van der Waals surface area (Å²) in [5, 5.41) is 18.8. The lowest BCUT2D eigenvalue weighted by molar-refractivity contribution is 0.400. The average molecular weight is 521 g/mol. The van der Waals surface area contributed by atoms with Gasteiger partial charge in [0, 0.05) is 24.7 Å². The minimum Gasteiger partial charge on any atom is -0.332 e. The number of rotatable bonds is 6. The van der Waals surface area contributed by atoms with E-state index in [0.29, 0.717) is 24.7 Å². The van der Waals surface area contributed by atoms with Gasteiger partial charge in [-0.1, -0.05) is 67.4 Å². The molecule has 0 aliphatic carbocycles. The zero-order valence-electron chi connectivity index (χ0n) is 20.5. The van der Waals surface area contributed by atoms with Crippen molar-refractivity contribution in [3.05, 3.63) is 81.4 Å². The Morgan fingerprint density at radius 3 is 2.44 bits per heavy atom. The van der Waals surface area contributed by atoms with E-state index in [9.17, 15) is 5.26 Å². The molecule has 1 N–H and O–H groups in total. The second-order valence-electron chi connectivity index (χ2n) is 8.77. The Morgan fingerprint density at radius 1 is 1.11 bits per heavy atom. The number of halogens is 2. The monoisotopic (exact) mass is 520 g/mol. The van der Waals surface area contributed by atoms with Crippen molar-refractivity contribution in [3.8, 4) is 6.19 Å². The Morgan fingerprint density at radius 2 is 1.81 bits per heavy atom. The van der Waals surface area contributed by atoms with Gasteiger partial charge in [0.05, 0.1) is 17.9 Å². The Kier molecular flexibility index (Phi) is 7.73. The number of anilines is 1. The maximum Gasteiger partial charge on any atom is 0.215 e. The maximum atomic E-state index is 9.51. The molecule has 4 aromatic rings. The Bertz CT molecular complexity index is 1430. The van der Waals surface area contributed by atoms with Crippen molar-refractivity contribution in [2.45, 2.75) is 39.8 Å². The van der Waals surface area contributed by atoms with Crippen LogP contribution in [0.5, 0.6) is 0 Å². The number of nitrogens with one attached hydrogen (secondary N) is 1. The van der Waals surface area contributed by atoms with E-state index in [2.05, 4.69) is 40.3 Å². The molecule has 0 saturated heterocycles. The van der Waals surface area contributed by atoms with Gasteiger partial charge in [0.2, 0.25) is 12.2 Å². The standard InChI is InChI=1S/C26H26Cl2N8/c1-16(2)21-10-20(31-25-24(21)17(3)34-35(25)4)14-36(13-18-8-6-5-7-9-18)26(30-15-29)32-19-11-22(27)33-23(28)12-19/h5-12,16H,13-14H2,1-4H3,(H,30,32,33). The second-order valence-corrected chi connectivity index (χ2v) is 9.54. The fourth-order valence-corrected chi connectivity index (χ4v) is 4.63. The van der Waals surface area contributed by atoms with Crippen molar-refractivity contribution in [2.75, 3.05) is 5.32 Å². The number of benzene rings is 1. The average Bonchev–Trinajstić information content (AvgIpc) is 3.11. The molecule has 10 heteroatoms. The molecule has 0 atom stereocenters. The van der Waals surface area contributed by atoms with Crippen LogP contribution in [-0.4, -0.2) is 30.6 Å². The van der Waals surface area contributed by atoms with Crippen LogP contribution < -0.4 is 5.32 Å². The number of nitriles is 1. The molecule has 0 radical (unpaired) electrons. The van der Waals surface area contributed by atoms with Gasteiger partial charge in [-0.25, -0.2) is 9.97 Å². The molecular weight excluding hydrogens is 495 g/mol. The van der Waals surface area contributed by atoms with Gasteiger partial charge < -0.3 is 10.2 Å². The van der Waals surface area contributed by atoms with E-state index in [0.717, 1.165) is 28.0 Å². The lowest BCUT2D eigenvalue weighted by Crippen LogP contribution is -2.36. The molecule has 36 heavy (non-hydrogen) atoms. The van der Waals surface area contributed by atoms with Crippen LogP contribution in [0.4, 0.5) is 5.69 Å². The molecule has 3 heterocycles. The van der Waals surface area contributed by atoms with Gasteiger partial charge in [-0.05, 0) is 42.2 Å². The zero-order valence-corrected chi connectivity index (χ0v) is 22.0. The summed E-state index contributed by atoms with van der Waals surface area (Å²) < 4.78 is 1.81. The molecule has 0 bridgehead atoms. The fraction of sp³-hybridized carbons (Fsp3) is 0.269. The minimum atomic E-state index is 0.233. The molecule has 8 nitrogen and oxygen atoms in total. The summed E-state index contributed by atoms with van der Waals surface area (Å²) in [5.74, 6) is 0.625. The van der Waals surface area contributed by atoms with Crippen molar-refractivity contribution < 1.29 is 0 Å². The predicted molar refractivity (Wildman–Crippen MR) is 144 cm³/mol. The van der Waals surface area contributed by atoms with E-state index >= 15 is 0 Å². The number of aryl methyl sites for hydroxylation is 2. The normalized spacial score (nSPS) is 11.7. The molecule has 1 aromatic carbocycles. The van der Waals surface area contributed by atoms with Crippen molar-refractivity contribution in [1.82, 2.24) is 24.6 Å². The third-order valence-electron chi connectivity index (χ3n) is 5.72.